The van der Waals surface area contributed by atoms with E-state index in [2.05, 4.69) is 0 Å². The molecule has 0 amide bonds. The van der Waals surface area contributed by atoms with E-state index in [-0.39, 0.29) is 63.9 Å². The molecule has 62 valence electrons. The van der Waals surface area contributed by atoms with E-state index < -0.39 is 11.9 Å². The third-order valence-electron chi connectivity index (χ3n) is 1.33. The van der Waals surface area contributed by atoms with Crippen LogP contribution in [0.15, 0.2) is 24.3 Å². The molecule has 4 nitrogen and oxygen atoms in total. The Morgan fingerprint density at radius 1 is 1.08 bits per heavy atom. The van der Waals surface area contributed by atoms with Crippen molar-refractivity contribution in [2.24, 2.45) is 0 Å². The van der Waals surface area contributed by atoms with E-state index >= 15 is 0 Å². The molecule has 13 heavy (non-hydrogen) atoms. The maximum absolute atomic E-state index is 10.3. The smallest absolute Gasteiger partial charge is 0.545 e. The second-order valence-corrected chi connectivity index (χ2v) is 2.16. The average Bonchev–Trinajstić information content (AvgIpc) is 2.04. The van der Waals surface area contributed by atoms with E-state index in [0.29, 0.717) is 0 Å². The summed E-state index contributed by atoms with van der Waals surface area (Å²) in [6.45, 7) is 0. The molecule has 0 aromatic heterocycles. The maximum atomic E-state index is 10.3. The fourth-order valence-corrected chi connectivity index (χ4v) is 0.773. The molecule has 0 unspecified atom stereocenters. The molecule has 1 rings (SSSR count). The van der Waals surface area contributed by atoms with Crippen molar-refractivity contribution in [1.29, 1.82) is 0 Å². The number of rotatable bonds is 2. The topological polar surface area (TPSA) is 80.3 Å². The van der Waals surface area contributed by atoms with Crippen molar-refractivity contribution < 1.29 is 72.6 Å². The summed E-state index contributed by atoms with van der Waals surface area (Å²) >= 11 is 0. The Kier molecular flexibility index (Phi) is 5.42. The van der Waals surface area contributed by atoms with Crippen LogP contribution in [0, 0.1) is 0 Å². The van der Waals surface area contributed by atoms with Crippen molar-refractivity contribution in [3.63, 3.8) is 0 Å². The summed E-state index contributed by atoms with van der Waals surface area (Å²) in [5, 5.41) is 20.5. The molecule has 0 bridgehead atoms. The second kappa shape index (κ2) is 5.51. The van der Waals surface area contributed by atoms with Crippen LogP contribution in [0.3, 0.4) is 0 Å². The molecule has 0 aliphatic carbocycles. The number of carbonyl (C=O) groups is 2. The van der Waals surface area contributed by atoms with Crippen LogP contribution in [0.5, 0.6) is 0 Å². The Hall–Kier alpha value is -0.204. The van der Waals surface area contributed by atoms with Gasteiger partial charge in [-0.15, -0.1) is 0 Å². The number of carboxylic acid groups (broad SMARTS) is 2. The van der Waals surface area contributed by atoms with E-state index in [1.807, 2.05) is 0 Å². The van der Waals surface area contributed by atoms with E-state index in [1.54, 1.807) is 0 Å². The zero-order valence-corrected chi connectivity index (χ0v) is 10.1. The molecule has 0 N–H and O–H groups in total. The van der Waals surface area contributed by atoms with Crippen LogP contribution < -0.4 is 61.6 Å². The molecular formula is C8H5KO4. The minimum atomic E-state index is -1.40. The summed E-state index contributed by atoms with van der Waals surface area (Å²) in [5.74, 6) is -2.81. The Morgan fingerprint density at radius 2 is 1.46 bits per heavy atom. The molecule has 0 aliphatic heterocycles. The molecular weight excluding hydrogens is 199 g/mol. The van der Waals surface area contributed by atoms with Gasteiger partial charge in [0.15, 0.2) is 0 Å². The zero-order valence-electron chi connectivity index (χ0n) is 7.94. The van der Waals surface area contributed by atoms with Crippen LogP contribution in [0.4, 0.5) is 0 Å². The van der Waals surface area contributed by atoms with Gasteiger partial charge in [-0.1, -0.05) is 18.2 Å². The van der Waals surface area contributed by atoms with Gasteiger partial charge in [-0.2, -0.15) is 0 Å². The summed E-state index contributed by atoms with van der Waals surface area (Å²) < 4.78 is 0. The first-order chi connectivity index (χ1) is 5.61. The molecule has 0 saturated heterocycles. The Morgan fingerprint density at radius 3 is 1.77 bits per heavy atom. The quantitative estimate of drug-likeness (QED) is 0.455. The first-order valence-electron chi connectivity index (χ1n) is 3.14. The van der Waals surface area contributed by atoms with Crippen LogP contribution in [0.1, 0.15) is 22.1 Å². The zero-order chi connectivity index (χ0) is 9.14. The Balaban J connectivity index is 0. The van der Waals surface area contributed by atoms with Gasteiger partial charge in [0.05, 0.1) is 11.9 Å². The fraction of sp³-hybridized carbons (Fsp3) is 0. The summed E-state index contributed by atoms with van der Waals surface area (Å²) in [4.78, 5) is 20.5. The standard InChI is InChI=1S/C8H6O4.K/c9-7(10)5-2-1-3-6(4-5)8(11)12;/h1-4H,(H,9,10)(H,11,12);/q;+1/p-1. The number of aromatic carboxylic acids is 2. The molecule has 1 aromatic carbocycles. The number of hydrogen-bond acceptors (Lipinski definition) is 4. The molecule has 0 heterocycles. The molecule has 0 aliphatic rings. The van der Waals surface area contributed by atoms with Crippen molar-refractivity contribution in [2.75, 3.05) is 0 Å². The van der Waals surface area contributed by atoms with Gasteiger partial charge in [-0.3, -0.25) is 0 Å². The van der Waals surface area contributed by atoms with E-state index in [1.165, 1.54) is 18.2 Å². The van der Waals surface area contributed by atoms with Crippen molar-refractivity contribution in [3.8, 4) is 0 Å². The summed E-state index contributed by atoms with van der Waals surface area (Å²) in [6.07, 6.45) is 0. The van der Waals surface area contributed by atoms with Crippen molar-refractivity contribution >= 4 is 11.9 Å². The van der Waals surface area contributed by atoms with Crippen molar-refractivity contribution in [2.45, 2.75) is 0 Å². The normalized spacial score (nSPS) is 8.62. The minimum absolute atomic E-state index is 0. The minimum Gasteiger partial charge on any atom is -0.545 e. The molecule has 0 saturated carbocycles. The van der Waals surface area contributed by atoms with Gasteiger partial charge >= 0.3 is 52.8 Å². The number of hydrogen-bond donors (Lipinski definition) is 0. The predicted molar refractivity (Wildman–Crippen MR) is 36.2 cm³/mol. The number of benzene rings is 1. The fourth-order valence-electron chi connectivity index (χ4n) is 0.773. The summed E-state index contributed by atoms with van der Waals surface area (Å²) in [5.41, 5.74) is -0.339. The second-order valence-electron chi connectivity index (χ2n) is 2.16. The SMILES string of the molecule is O=C([O-])c1cccc(C(=O)[O-])c1.[H+].[K+]. The van der Waals surface area contributed by atoms with Crippen molar-refractivity contribution in [3.05, 3.63) is 35.4 Å². The maximum Gasteiger partial charge on any atom is 1.00 e. The molecule has 0 radical (unpaired) electrons. The van der Waals surface area contributed by atoms with E-state index in [0.717, 1.165) is 6.07 Å². The van der Waals surface area contributed by atoms with E-state index in [9.17, 15) is 19.8 Å². The Labute approximate surface area is 118 Å². The van der Waals surface area contributed by atoms with Crippen LogP contribution in [0.2, 0.25) is 0 Å². The van der Waals surface area contributed by atoms with Crippen LogP contribution in [0.25, 0.3) is 0 Å². The first-order valence-corrected chi connectivity index (χ1v) is 3.14. The molecule has 1 aromatic rings. The summed E-state index contributed by atoms with van der Waals surface area (Å²) in [7, 11) is 0. The van der Waals surface area contributed by atoms with Gasteiger partial charge in [0.2, 0.25) is 0 Å². The van der Waals surface area contributed by atoms with Gasteiger partial charge in [-0.05, 0) is 17.2 Å². The number of carbonyl (C=O) groups excluding carboxylic acids is 2. The molecule has 0 atom stereocenters. The molecule has 0 spiro atoms. The largest absolute Gasteiger partial charge is 1.00 e. The van der Waals surface area contributed by atoms with Crippen LogP contribution in [-0.4, -0.2) is 11.9 Å². The van der Waals surface area contributed by atoms with Gasteiger partial charge in [-0.25, -0.2) is 0 Å². The van der Waals surface area contributed by atoms with Gasteiger partial charge in [0.25, 0.3) is 0 Å². The van der Waals surface area contributed by atoms with E-state index in [4.69, 9.17) is 0 Å². The third-order valence-corrected chi connectivity index (χ3v) is 1.33. The predicted octanol–water partition coefficient (Wildman–Crippen LogP) is -4.47. The third kappa shape index (κ3) is 3.57. The molecule has 5 heteroatoms. The average molecular weight is 204 g/mol. The Bertz CT molecular complexity index is 311. The van der Waals surface area contributed by atoms with Gasteiger partial charge in [0.1, 0.15) is 0 Å². The first kappa shape index (κ1) is 12.8. The number of carboxylic acids is 2. The summed E-state index contributed by atoms with van der Waals surface area (Å²) in [6, 6.07) is 4.81. The van der Waals surface area contributed by atoms with Crippen LogP contribution in [-0.2, 0) is 0 Å². The van der Waals surface area contributed by atoms with Gasteiger partial charge in [0, 0.05) is 0 Å². The monoisotopic (exact) mass is 204 g/mol. The van der Waals surface area contributed by atoms with Crippen LogP contribution >= 0.6 is 0 Å². The van der Waals surface area contributed by atoms with Crippen molar-refractivity contribution in [1.82, 2.24) is 0 Å². The molecule has 0 fully saturated rings. The van der Waals surface area contributed by atoms with Gasteiger partial charge < -0.3 is 19.8 Å².